The van der Waals surface area contributed by atoms with Gasteiger partial charge >= 0.3 is 5.97 Å². The molecule has 0 radical (unpaired) electrons. The molecule has 2 aliphatic heterocycles. The number of carbonyl (C=O) groups is 2. The summed E-state index contributed by atoms with van der Waals surface area (Å²) in [4.78, 5) is 33.2. The number of aliphatic imine (C=N–C) groups is 1. The van der Waals surface area contributed by atoms with Crippen molar-refractivity contribution in [1.29, 1.82) is 0 Å². The maximum absolute atomic E-state index is 13.7. The van der Waals surface area contributed by atoms with Crippen LogP contribution in [0.5, 0.6) is 11.5 Å². The average molecular weight is 664 g/mol. The molecule has 1 amide bonds. The molecule has 0 aromatic heterocycles. The molecule has 3 N–H and O–H groups in total. The number of carbonyl (C=O) groups excluding carboxylic acids is 1. The van der Waals surface area contributed by atoms with Crippen molar-refractivity contribution in [3.8, 4) is 11.5 Å². The molecule has 4 aromatic carbocycles. The van der Waals surface area contributed by atoms with E-state index in [1.807, 2.05) is 60.7 Å². The van der Waals surface area contributed by atoms with Gasteiger partial charge in [-0.05, 0) is 48.7 Å². The van der Waals surface area contributed by atoms with Gasteiger partial charge in [0.25, 0.3) is 0 Å². The Morgan fingerprint density at radius 1 is 0.891 bits per heavy atom. The topological polar surface area (TPSA) is 121 Å². The van der Waals surface area contributed by atoms with Crippen molar-refractivity contribution in [1.82, 2.24) is 4.90 Å². The molecule has 9 nitrogen and oxygen atoms in total. The fourth-order valence-corrected chi connectivity index (χ4v) is 5.87. The second-order valence-corrected chi connectivity index (χ2v) is 11.1. The molecule has 0 aliphatic carbocycles. The Bertz CT molecular complexity index is 1680. The zero-order valence-electron chi connectivity index (χ0n) is 25.0. The van der Waals surface area contributed by atoms with Crippen LogP contribution in [0, 0.1) is 0 Å². The number of ether oxygens (including phenoxy) is 2. The first-order valence-corrected chi connectivity index (χ1v) is 15.1. The van der Waals surface area contributed by atoms with Crippen LogP contribution in [0.25, 0.3) is 0 Å². The molecule has 10 heteroatoms. The van der Waals surface area contributed by atoms with Crippen molar-refractivity contribution in [3.05, 3.63) is 125 Å². The molecule has 0 spiro atoms. The summed E-state index contributed by atoms with van der Waals surface area (Å²) in [5, 5.41) is 24.8. The Hall–Kier alpha value is -4.50. The van der Waals surface area contributed by atoms with E-state index < -0.39 is 18.1 Å². The van der Waals surface area contributed by atoms with E-state index in [0.717, 1.165) is 24.9 Å². The predicted molar refractivity (Wildman–Crippen MR) is 171 cm³/mol. The number of amides is 1. The van der Waals surface area contributed by atoms with Gasteiger partial charge in [-0.25, -0.2) is 4.79 Å². The third kappa shape index (κ3) is 7.48. The number of aliphatic carboxylic acids is 1. The molecular weight excluding hydrogens is 629 g/mol. The molecule has 2 heterocycles. The summed E-state index contributed by atoms with van der Waals surface area (Å²) in [5.74, 6) is -0.452. The summed E-state index contributed by atoms with van der Waals surface area (Å²) in [7, 11) is 0. The number of fused-ring (bicyclic) bond motifs is 1. The number of carboxylic acid groups (broad SMARTS) is 1. The molecule has 1 fully saturated rings. The number of para-hydroxylation sites is 1. The number of hydrogen-bond acceptors (Lipinski definition) is 7. The minimum absolute atomic E-state index is 0. The monoisotopic (exact) mass is 663 g/mol. The molecule has 46 heavy (non-hydrogen) atoms. The minimum Gasteiger partial charge on any atom is -0.486 e. The van der Waals surface area contributed by atoms with Gasteiger partial charge in [-0.2, -0.15) is 0 Å². The average Bonchev–Trinajstić information content (AvgIpc) is 3.54. The molecule has 4 aromatic rings. The first kappa shape index (κ1) is 32.9. The quantitative estimate of drug-likeness (QED) is 0.160. The minimum atomic E-state index is -1.55. The number of nitrogens with zero attached hydrogens (tertiary/aromatic N) is 2. The van der Waals surface area contributed by atoms with Crippen LogP contribution >= 0.6 is 0 Å². The van der Waals surface area contributed by atoms with Crippen LogP contribution in [0.2, 0.25) is 0 Å². The number of hydrogen-bond donors (Lipinski definition) is 3. The largest absolute Gasteiger partial charge is 0.486 e. The Morgan fingerprint density at radius 2 is 1.57 bits per heavy atom. The molecule has 0 unspecified atom stereocenters. The van der Waals surface area contributed by atoms with Gasteiger partial charge in [0.1, 0.15) is 19.3 Å². The maximum atomic E-state index is 13.7. The van der Waals surface area contributed by atoms with Gasteiger partial charge < -0.3 is 25.0 Å². The molecular formula is C36H35N3NiO6. The Balaban J connectivity index is 0.00000417. The zero-order chi connectivity index (χ0) is 31.2. The van der Waals surface area contributed by atoms with Gasteiger partial charge in [0.15, 0.2) is 17.5 Å². The van der Waals surface area contributed by atoms with E-state index in [2.05, 4.69) is 27.3 Å². The van der Waals surface area contributed by atoms with Gasteiger partial charge in [-0.15, -0.1) is 0 Å². The van der Waals surface area contributed by atoms with E-state index >= 15 is 0 Å². The van der Waals surface area contributed by atoms with Crippen LogP contribution in [-0.4, -0.2) is 64.5 Å². The first-order chi connectivity index (χ1) is 22.0. The summed E-state index contributed by atoms with van der Waals surface area (Å²) in [6.45, 7) is 2.27. The smallest absolute Gasteiger partial charge is 0.331 e. The number of nitrogens with one attached hydrogen (secondary N) is 1. The van der Waals surface area contributed by atoms with Crippen LogP contribution < -0.4 is 14.8 Å². The van der Waals surface area contributed by atoms with Crippen LogP contribution in [-0.2, 0) is 32.6 Å². The number of aliphatic hydroxyl groups excluding tert-OH is 1. The fourth-order valence-electron chi connectivity index (χ4n) is 5.87. The molecule has 3 atom stereocenters. The third-order valence-corrected chi connectivity index (χ3v) is 8.11. The number of aliphatic hydroxyl groups is 1. The van der Waals surface area contributed by atoms with Gasteiger partial charge in [-0.3, -0.25) is 14.7 Å². The van der Waals surface area contributed by atoms with E-state index in [0.29, 0.717) is 59.3 Å². The van der Waals surface area contributed by atoms with E-state index in [-0.39, 0.29) is 28.4 Å². The second kappa shape index (κ2) is 15.2. The number of anilines is 1. The SMILES string of the molecule is O=C(Nc1ccccc1C(=N[C@@H](C(=O)O)[C@H](O)c1ccc2c(c1)OCCO2)c1ccccc1)[C@H]1CCCN1Cc1ccccc1.[Ni]. The number of likely N-dealkylation sites (tertiary alicyclic amines) is 1. The van der Waals surface area contributed by atoms with E-state index in [9.17, 15) is 19.8 Å². The van der Waals surface area contributed by atoms with Crippen molar-refractivity contribution in [3.63, 3.8) is 0 Å². The van der Waals surface area contributed by atoms with Gasteiger partial charge in [0.05, 0.1) is 17.4 Å². The Kier molecular flexibility index (Phi) is 10.9. The van der Waals surface area contributed by atoms with Crippen molar-refractivity contribution in [2.24, 2.45) is 4.99 Å². The summed E-state index contributed by atoms with van der Waals surface area (Å²) in [6.07, 6.45) is 0.175. The van der Waals surface area contributed by atoms with Gasteiger partial charge in [0, 0.05) is 34.2 Å². The summed E-state index contributed by atoms with van der Waals surface area (Å²) in [6, 6.07) is 29.5. The van der Waals surface area contributed by atoms with Crippen molar-refractivity contribution in [2.45, 2.75) is 37.6 Å². The molecule has 1 saturated heterocycles. The van der Waals surface area contributed by atoms with Crippen LogP contribution in [0.15, 0.2) is 108 Å². The summed E-state index contributed by atoms with van der Waals surface area (Å²) < 4.78 is 11.2. The van der Waals surface area contributed by atoms with Crippen LogP contribution in [0.1, 0.15) is 41.2 Å². The standard InChI is InChI=1S/C36H35N3O6.Ni/c40-34(26-17-18-30-31(22-26)45-21-20-44-30)33(36(42)43)38-32(25-12-5-2-6-13-25)27-14-7-8-15-28(27)37-35(41)29-16-9-19-39(29)23-24-10-3-1-4-11-24;/h1-8,10-15,17-18,22,29,33-34,40H,9,16,19-21,23H2,(H,37,41)(H,42,43);/t29-,33-,34-;/m1./s1. The third-order valence-electron chi connectivity index (χ3n) is 8.11. The number of carboxylic acids is 1. The van der Waals surface area contributed by atoms with Crippen molar-refractivity contribution in [2.75, 3.05) is 25.1 Å². The maximum Gasteiger partial charge on any atom is 0.331 e. The molecule has 0 bridgehead atoms. The molecule has 2 aliphatic rings. The summed E-state index contributed by atoms with van der Waals surface area (Å²) in [5.41, 5.74) is 3.52. The fraction of sp³-hybridized carbons (Fsp3) is 0.250. The van der Waals surface area contributed by atoms with Crippen molar-refractivity contribution >= 4 is 23.3 Å². The first-order valence-electron chi connectivity index (χ1n) is 15.1. The second-order valence-electron chi connectivity index (χ2n) is 11.1. The number of rotatable bonds is 10. The van der Waals surface area contributed by atoms with Crippen molar-refractivity contribution < 1.29 is 45.8 Å². The normalized spacial score (nSPS) is 17.4. The van der Waals surface area contributed by atoms with E-state index in [4.69, 9.17) is 9.47 Å². The van der Waals surface area contributed by atoms with Crippen LogP contribution in [0.3, 0.4) is 0 Å². The Labute approximate surface area is 277 Å². The van der Waals surface area contributed by atoms with E-state index in [1.165, 1.54) is 0 Å². The zero-order valence-corrected chi connectivity index (χ0v) is 26.0. The van der Waals surface area contributed by atoms with E-state index in [1.54, 1.807) is 30.3 Å². The van der Waals surface area contributed by atoms with Crippen LogP contribution in [0.4, 0.5) is 5.69 Å². The van der Waals surface area contributed by atoms with Gasteiger partial charge in [0.2, 0.25) is 5.91 Å². The Morgan fingerprint density at radius 3 is 2.30 bits per heavy atom. The van der Waals surface area contributed by atoms with Gasteiger partial charge in [-0.1, -0.05) is 84.9 Å². The summed E-state index contributed by atoms with van der Waals surface area (Å²) >= 11 is 0. The molecule has 6 rings (SSSR count). The predicted octanol–water partition coefficient (Wildman–Crippen LogP) is 5.08. The molecule has 240 valence electrons. The number of benzene rings is 4. The molecule has 0 saturated carbocycles.